The number of nitro groups is 1. The molecule has 0 amide bonds. The molecule has 0 radical (unpaired) electrons. The highest BCUT2D eigenvalue weighted by molar-refractivity contribution is 7.99. The van der Waals surface area contributed by atoms with Crippen LogP contribution in [0.3, 0.4) is 0 Å². The molecular weight excluding hydrogens is 523 g/mol. The van der Waals surface area contributed by atoms with Gasteiger partial charge < -0.3 is 9.47 Å². The average Bonchev–Trinajstić information content (AvgIpc) is 3.22. The van der Waals surface area contributed by atoms with Crippen LogP contribution in [-0.2, 0) is 6.61 Å². The van der Waals surface area contributed by atoms with Crippen molar-refractivity contribution < 1.29 is 14.4 Å². The molecule has 0 aliphatic rings. The van der Waals surface area contributed by atoms with Crippen molar-refractivity contribution in [1.29, 1.82) is 0 Å². The zero-order chi connectivity index (χ0) is 25.7. The standard InChI is InChI=1S/C25H22Cl2N4O4S/c1-16-28-29-25(31(16)19-9-11-20(34-2)12-10-19)36-24(14-30(32)33)21-5-3-4-6-23(21)35-15-17-7-8-18(26)13-22(17)27/h3-13,24H,14-15H2,1-2H3/t24-/m1/s1. The first kappa shape index (κ1) is 25.8. The number of hydrogen-bond acceptors (Lipinski definition) is 7. The minimum Gasteiger partial charge on any atom is -0.497 e. The Balaban J connectivity index is 1.64. The Bertz CT molecular complexity index is 1360. The second-order valence-corrected chi connectivity index (χ2v) is 9.76. The Morgan fingerprint density at radius 2 is 1.83 bits per heavy atom. The van der Waals surface area contributed by atoms with Crippen LogP contribution in [0, 0.1) is 17.0 Å². The van der Waals surface area contributed by atoms with Crippen LogP contribution in [0.4, 0.5) is 0 Å². The van der Waals surface area contributed by atoms with E-state index in [0.717, 1.165) is 17.0 Å². The molecule has 1 aromatic heterocycles. The molecule has 8 nitrogen and oxygen atoms in total. The minimum atomic E-state index is -0.586. The molecular formula is C25H22Cl2N4O4S. The number of hydrogen-bond donors (Lipinski definition) is 0. The van der Waals surface area contributed by atoms with Crippen molar-refractivity contribution in [2.45, 2.75) is 23.9 Å². The molecule has 36 heavy (non-hydrogen) atoms. The number of ether oxygens (including phenoxy) is 2. The van der Waals surface area contributed by atoms with Crippen LogP contribution in [-0.4, -0.2) is 33.3 Å². The molecule has 3 aromatic carbocycles. The molecule has 0 aliphatic carbocycles. The number of para-hydroxylation sites is 1. The Hall–Kier alpha value is -3.27. The predicted octanol–water partition coefficient (Wildman–Crippen LogP) is 6.58. The van der Waals surface area contributed by atoms with E-state index in [0.29, 0.717) is 32.3 Å². The molecule has 186 valence electrons. The van der Waals surface area contributed by atoms with Crippen LogP contribution in [0.15, 0.2) is 71.9 Å². The molecule has 0 aliphatic heterocycles. The van der Waals surface area contributed by atoms with E-state index in [4.69, 9.17) is 32.7 Å². The van der Waals surface area contributed by atoms with Crippen molar-refractivity contribution in [3.8, 4) is 17.2 Å². The molecule has 0 spiro atoms. The summed E-state index contributed by atoms with van der Waals surface area (Å²) in [5.41, 5.74) is 2.25. The fraction of sp³-hybridized carbons (Fsp3) is 0.200. The van der Waals surface area contributed by atoms with Crippen LogP contribution >= 0.6 is 35.0 Å². The van der Waals surface area contributed by atoms with Crippen molar-refractivity contribution in [3.63, 3.8) is 0 Å². The van der Waals surface area contributed by atoms with Gasteiger partial charge in [0, 0.05) is 31.8 Å². The number of nitrogens with zero attached hydrogens (tertiary/aromatic N) is 4. The molecule has 0 N–H and O–H groups in total. The number of methoxy groups -OCH3 is 1. The number of aromatic nitrogens is 3. The molecule has 1 heterocycles. The van der Waals surface area contributed by atoms with Crippen molar-refractivity contribution in [1.82, 2.24) is 14.8 Å². The van der Waals surface area contributed by atoms with Crippen molar-refractivity contribution >= 4 is 35.0 Å². The third kappa shape index (κ3) is 6.10. The average molecular weight is 545 g/mol. The zero-order valence-corrected chi connectivity index (χ0v) is 21.8. The van der Waals surface area contributed by atoms with E-state index < -0.39 is 5.25 Å². The summed E-state index contributed by atoms with van der Waals surface area (Å²) in [6.45, 7) is 1.68. The first-order valence-corrected chi connectivity index (χ1v) is 12.5. The summed E-state index contributed by atoms with van der Waals surface area (Å²) in [6, 6.07) is 19.9. The minimum absolute atomic E-state index is 0.185. The van der Waals surface area contributed by atoms with Gasteiger partial charge in [-0.3, -0.25) is 14.7 Å². The van der Waals surface area contributed by atoms with Crippen LogP contribution in [0.1, 0.15) is 22.2 Å². The van der Waals surface area contributed by atoms with Crippen molar-refractivity contribution in [2.24, 2.45) is 0 Å². The first-order valence-electron chi connectivity index (χ1n) is 10.9. The highest BCUT2D eigenvalue weighted by atomic mass is 35.5. The van der Waals surface area contributed by atoms with Gasteiger partial charge in [0.15, 0.2) is 5.16 Å². The summed E-state index contributed by atoms with van der Waals surface area (Å²) in [7, 11) is 1.60. The van der Waals surface area contributed by atoms with Gasteiger partial charge >= 0.3 is 0 Å². The van der Waals surface area contributed by atoms with Gasteiger partial charge in [-0.05, 0) is 49.4 Å². The van der Waals surface area contributed by atoms with Gasteiger partial charge in [-0.25, -0.2) is 0 Å². The number of rotatable bonds is 10. The third-order valence-corrected chi connectivity index (χ3v) is 7.10. The lowest BCUT2D eigenvalue weighted by Gasteiger charge is -2.18. The van der Waals surface area contributed by atoms with Crippen LogP contribution in [0.2, 0.25) is 10.0 Å². The van der Waals surface area contributed by atoms with E-state index in [2.05, 4.69) is 10.2 Å². The van der Waals surface area contributed by atoms with Gasteiger partial charge in [0.1, 0.15) is 29.2 Å². The fourth-order valence-electron chi connectivity index (χ4n) is 3.58. The van der Waals surface area contributed by atoms with Crippen molar-refractivity contribution in [2.75, 3.05) is 13.7 Å². The van der Waals surface area contributed by atoms with E-state index in [1.165, 1.54) is 11.8 Å². The lowest BCUT2D eigenvalue weighted by atomic mass is 10.1. The molecule has 0 saturated heterocycles. The largest absolute Gasteiger partial charge is 0.497 e. The number of thioether (sulfide) groups is 1. The van der Waals surface area contributed by atoms with Crippen molar-refractivity contribution in [3.05, 3.63) is 104 Å². The van der Waals surface area contributed by atoms with E-state index in [1.54, 1.807) is 31.4 Å². The molecule has 0 saturated carbocycles. The molecule has 4 aromatic rings. The van der Waals surface area contributed by atoms with Crippen LogP contribution in [0.25, 0.3) is 5.69 Å². The summed E-state index contributed by atoms with van der Waals surface area (Å²) in [5, 5.41) is 21.1. The van der Waals surface area contributed by atoms with Gasteiger partial charge in [0.25, 0.3) is 0 Å². The SMILES string of the molecule is COc1ccc(-n2c(C)nnc2S[C@H](C[N+](=O)[O-])c2ccccc2OCc2ccc(Cl)cc2Cl)cc1. The van der Waals surface area contributed by atoms with E-state index in [-0.39, 0.29) is 18.1 Å². The smallest absolute Gasteiger partial charge is 0.220 e. The van der Waals surface area contributed by atoms with Crippen LogP contribution < -0.4 is 9.47 Å². The molecule has 0 unspecified atom stereocenters. The fourth-order valence-corrected chi connectivity index (χ4v) is 5.25. The molecule has 4 rings (SSSR count). The maximum Gasteiger partial charge on any atom is 0.220 e. The predicted molar refractivity (Wildman–Crippen MR) is 140 cm³/mol. The molecule has 0 bridgehead atoms. The van der Waals surface area contributed by atoms with E-state index >= 15 is 0 Å². The molecule has 11 heteroatoms. The highest BCUT2D eigenvalue weighted by Crippen LogP contribution is 2.40. The molecule has 0 fully saturated rings. The maximum atomic E-state index is 11.6. The number of aryl methyl sites for hydroxylation is 1. The third-order valence-electron chi connectivity index (χ3n) is 5.35. The van der Waals surface area contributed by atoms with E-state index in [1.807, 2.05) is 54.0 Å². The first-order chi connectivity index (χ1) is 17.4. The summed E-state index contributed by atoms with van der Waals surface area (Å²) in [5.74, 6) is 1.90. The highest BCUT2D eigenvalue weighted by Gasteiger charge is 2.26. The Kier molecular flexibility index (Phi) is 8.35. The Morgan fingerprint density at radius 3 is 2.53 bits per heavy atom. The Labute approximate surface area is 222 Å². The Morgan fingerprint density at radius 1 is 1.08 bits per heavy atom. The second kappa shape index (κ2) is 11.6. The second-order valence-electron chi connectivity index (χ2n) is 7.75. The van der Waals surface area contributed by atoms with Gasteiger partial charge in [0.2, 0.25) is 6.54 Å². The maximum absolute atomic E-state index is 11.6. The van der Waals surface area contributed by atoms with E-state index in [9.17, 15) is 10.1 Å². The van der Waals surface area contributed by atoms with Crippen LogP contribution in [0.5, 0.6) is 11.5 Å². The van der Waals surface area contributed by atoms with Gasteiger partial charge in [0.05, 0.1) is 7.11 Å². The summed E-state index contributed by atoms with van der Waals surface area (Å²) >= 11 is 13.5. The van der Waals surface area contributed by atoms with Gasteiger partial charge in [-0.15, -0.1) is 10.2 Å². The lowest BCUT2D eigenvalue weighted by molar-refractivity contribution is -0.479. The quantitative estimate of drug-likeness (QED) is 0.126. The lowest BCUT2D eigenvalue weighted by Crippen LogP contribution is -2.12. The normalized spacial score (nSPS) is 11.8. The number of halogens is 2. The monoisotopic (exact) mass is 544 g/mol. The molecule has 1 atom stereocenters. The topological polar surface area (TPSA) is 92.3 Å². The summed E-state index contributed by atoms with van der Waals surface area (Å²) in [4.78, 5) is 11.3. The van der Waals surface area contributed by atoms with Gasteiger partial charge in [-0.1, -0.05) is 59.2 Å². The summed E-state index contributed by atoms with van der Waals surface area (Å²) < 4.78 is 13.2. The number of benzene rings is 3. The summed E-state index contributed by atoms with van der Waals surface area (Å²) in [6.07, 6.45) is 0. The zero-order valence-electron chi connectivity index (χ0n) is 19.4. The van der Waals surface area contributed by atoms with Gasteiger partial charge in [-0.2, -0.15) is 0 Å².